The second kappa shape index (κ2) is 7.14. The molecule has 0 fully saturated rings. The van der Waals surface area contributed by atoms with Gasteiger partial charge in [-0.25, -0.2) is 0 Å². The Balaban J connectivity index is 2.39. The highest BCUT2D eigenvalue weighted by Gasteiger charge is 2.17. The number of nitrogens with two attached hydrogens (primary N) is 1. The van der Waals surface area contributed by atoms with Crippen molar-refractivity contribution in [1.82, 2.24) is 0 Å². The summed E-state index contributed by atoms with van der Waals surface area (Å²) >= 11 is 0. The zero-order valence-corrected chi connectivity index (χ0v) is 12.9. The van der Waals surface area contributed by atoms with Gasteiger partial charge in [0.25, 0.3) is 0 Å². The van der Waals surface area contributed by atoms with E-state index in [0.717, 1.165) is 24.0 Å². The Bertz CT molecular complexity index is 596. The van der Waals surface area contributed by atoms with Crippen molar-refractivity contribution in [3.8, 4) is 11.5 Å². The first-order valence-electron chi connectivity index (χ1n) is 7.26. The molecule has 0 bridgehead atoms. The van der Waals surface area contributed by atoms with E-state index in [0.29, 0.717) is 11.5 Å². The molecule has 2 aromatic rings. The minimum atomic E-state index is -0.230. The molecule has 0 saturated carbocycles. The minimum Gasteiger partial charge on any atom is -0.493 e. The van der Waals surface area contributed by atoms with E-state index in [2.05, 4.69) is 31.2 Å². The van der Waals surface area contributed by atoms with Gasteiger partial charge >= 0.3 is 0 Å². The molecule has 3 nitrogen and oxygen atoms in total. The third-order valence-electron chi connectivity index (χ3n) is 3.62. The summed E-state index contributed by atoms with van der Waals surface area (Å²) in [6.07, 6.45) is 2.19. The summed E-state index contributed by atoms with van der Waals surface area (Å²) in [6.45, 7) is 2.18. The lowest BCUT2D eigenvalue weighted by atomic mass is 9.96. The summed E-state index contributed by atoms with van der Waals surface area (Å²) in [5.74, 6) is 1.41. The van der Waals surface area contributed by atoms with Crippen LogP contribution < -0.4 is 15.2 Å². The lowest BCUT2D eigenvalue weighted by molar-refractivity contribution is 0.350. The predicted molar refractivity (Wildman–Crippen MR) is 86.0 cm³/mol. The second-order valence-corrected chi connectivity index (χ2v) is 5.06. The van der Waals surface area contributed by atoms with E-state index in [1.165, 1.54) is 5.56 Å². The molecule has 0 aliphatic rings. The van der Waals surface area contributed by atoms with Gasteiger partial charge in [0.2, 0.25) is 0 Å². The number of aryl methyl sites for hydroxylation is 1. The number of para-hydroxylation sites is 1. The van der Waals surface area contributed by atoms with Crippen LogP contribution in [0.4, 0.5) is 0 Å². The van der Waals surface area contributed by atoms with E-state index in [1.807, 2.05) is 18.2 Å². The highest BCUT2D eigenvalue weighted by molar-refractivity contribution is 5.50. The van der Waals surface area contributed by atoms with E-state index < -0.39 is 0 Å². The van der Waals surface area contributed by atoms with Crippen molar-refractivity contribution in [2.45, 2.75) is 25.8 Å². The largest absolute Gasteiger partial charge is 0.493 e. The fraction of sp³-hybridized carbons (Fsp3) is 0.333. The number of hydrogen-bond donors (Lipinski definition) is 1. The first-order chi connectivity index (χ1) is 10.2. The van der Waals surface area contributed by atoms with E-state index in [4.69, 9.17) is 15.2 Å². The van der Waals surface area contributed by atoms with Gasteiger partial charge in [-0.1, -0.05) is 49.7 Å². The Kier molecular flexibility index (Phi) is 5.23. The van der Waals surface area contributed by atoms with Crippen molar-refractivity contribution in [2.24, 2.45) is 5.73 Å². The number of methoxy groups -OCH3 is 2. The van der Waals surface area contributed by atoms with Crippen molar-refractivity contribution in [1.29, 1.82) is 0 Å². The SMILES string of the molecule is CCCc1cccc(C(N)c2cccc(OC)c2OC)c1. The normalized spacial score (nSPS) is 12.0. The van der Waals surface area contributed by atoms with Crippen molar-refractivity contribution >= 4 is 0 Å². The monoisotopic (exact) mass is 285 g/mol. The average molecular weight is 285 g/mol. The van der Waals surface area contributed by atoms with Gasteiger partial charge in [0.1, 0.15) is 0 Å². The predicted octanol–water partition coefficient (Wildman–Crippen LogP) is 3.70. The molecule has 2 rings (SSSR count). The van der Waals surface area contributed by atoms with E-state index in [9.17, 15) is 0 Å². The van der Waals surface area contributed by atoms with Gasteiger partial charge in [-0.3, -0.25) is 0 Å². The molecule has 0 amide bonds. The van der Waals surface area contributed by atoms with Crippen LogP contribution in [0.25, 0.3) is 0 Å². The number of ether oxygens (including phenoxy) is 2. The standard InChI is InChI=1S/C18H23NO2/c1-4-7-13-8-5-9-14(12-13)17(19)15-10-6-11-16(20-2)18(15)21-3/h5-6,8-12,17H,4,7,19H2,1-3H3. The van der Waals surface area contributed by atoms with Crippen molar-refractivity contribution < 1.29 is 9.47 Å². The van der Waals surface area contributed by atoms with Crippen molar-refractivity contribution in [3.63, 3.8) is 0 Å². The van der Waals surface area contributed by atoms with Gasteiger partial charge in [0.15, 0.2) is 11.5 Å². The summed E-state index contributed by atoms with van der Waals surface area (Å²) in [5.41, 5.74) is 9.78. The van der Waals surface area contributed by atoms with Gasteiger partial charge in [-0.05, 0) is 23.6 Å². The van der Waals surface area contributed by atoms with Crippen LogP contribution in [0.15, 0.2) is 42.5 Å². The van der Waals surface area contributed by atoms with Crippen LogP contribution in [-0.4, -0.2) is 14.2 Å². The molecule has 0 heterocycles. The molecule has 1 unspecified atom stereocenters. The van der Waals surface area contributed by atoms with E-state index in [1.54, 1.807) is 14.2 Å². The Labute approximate surface area is 126 Å². The smallest absolute Gasteiger partial charge is 0.165 e. The summed E-state index contributed by atoms with van der Waals surface area (Å²) in [4.78, 5) is 0. The first-order valence-corrected chi connectivity index (χ1v) is 7.26. The lowest BCUT2D eigenvalue weighted by Gasteiger charge is -2.18. The molecule has 21 heavy (non-hydrogen) atoms. The topological polar surface area (TPSA) is 44.5 Å². The minimum absolute atomic E-state index is 0.230. The molecular formula is C18H23NO2. The van der Waals surface area contributed by atoms with Gasteiger partial charge in [-0.15, -0.1) is 0 Å². The van der Waals surface area contributed by atoms with Gasteiger partial charge in [-0.2, -0.15) is 0 Å². The Morgan fingerprint density at radius 1 is 1.05 bits per heavy atom. The summed E-state index contributed by atoms with van der Waals surface area (Å²) < 4.78 is 10.8. The Morgan fingerprint density at radius 2 is 1.81 bits per heavy atom. The highest BCUT2D eigenvalue weighted by atomic mass is 16.5. The summed E-state index contributed by atoms with van der Waals surface area (Å²) in [5, 5.41) is 0. The highest BCUT2D eigenvalue weighted by Crippen LogP contribution is 2.36. The van der Waals surface area contributed by atoms with Gasteiger partial charge < -0.3 is 15.2 Å². The molecule has 0 aliphatic carbocycles. The van der Waals surface area contributed by atoms with Crippen LogP contribution in [0.5, 0.6) is 11.5 Å². The molecule has 1 atom stereocenters. The maximum atomic E-state index is 6.45. The van der Waals surface area contributed by atoms with Gasteiger partial charge in [0, 0.05) is 5.56 Å². The molecule has 112 valence electrons. The maximum Gasteiger partial charge on any atom is 0.165 e. The van der Waals surface area contributed by atoms with Crippen LogP contribution in [0, 0.1) is 0 Å². The van der Waals surface area contributed by atoms with Crippen LogP contribution in [0.1, 0.15) is 36.1 Å². The first kappa shape index (κ1) is 15.4. The van der Waals surface area contributed by atoms with E-state index >= 15 is 0 Å². The molecule has 2 N–H and O–H groups in total. The average Bonchev–Trinajstić information content (AvgIpc) is 2.53. The van der Waals surface area contributed by atoms with Crippen LogP contribution in [0.3, 0.4) is 0 Å². The quantitative estimate of drug-likeness (QED) is 0.880. The molecular weight excluding hydrogens is 262 g/mol. The maximum absolute atomic E-state index is 6.45. The summed E-state index contributed by atoms with van der Waals surface area (Å²) in [7, 11) is 3.27. The fourth-order valence-electron chi connectivity index (χ4n) is 2.57. The third kappa shape index (κ3) is 3.37. The molecule has 0 aromatic heterocycles. The zero-order valence-electron chi connectivity index (χ0n) is 12.9. The molecule has 3 heteroatoms. The molecule has 0 spiro atoms. The van der Waals surface area contributed by atoms with Crippen molar-refractivity contribution in [3.05, 3.63) is 59.2 Å². The third-order valence-corrected chi connectivity index (χ3v) is 3.62. The molecule has 0 radical (unpaired) electrons. The second-order valence-electron chi connectivity index (χ2n) is 5.06. The summed E-state index contributed by atoms with van der Waals surface area (Å²) in [6, 6.07) is 14.0. The van der Waals surface area contributed by atoms with Crippen LogP contribution in [0.2, 0.25) is 0 Å². The van der Waals surface area contributed by atoms with Crippen LogP contribution >= 0.6 is 0 Å². The number of hydrogen-bond acceptors (Lipinski definition) is 3. The Hall–Kier alpha value is -2.00. The number of benzene rings is 2. The molecule has 0 saturated heterocycles. The van der Waals surface area contributed by atoms with Crippen molar-refractivity contribution in [2.75, 3.05) is 14.2 Å². The van der Waals surface area contributed by atoms with Crippen LogP contribution in [-0.2, 0) is 6.42 Å². The molecule has 0 aliphatic heterocycles. The lowest BCUT2D eigenvalue weighted by Crippen LogP contribution is -2.13. The number of rotatable bonds is 6. The Morgan fingerprint density at radius 3 is 2.48 bits per heavy atom. The van der Waals surface area contributed by atoms with Gasteiger partial charge in [0.05, 0.1) is 20.3 Å². The van der Waals surface area contributed by atoms with E-state index in [-0.39, 0.29) is 6.04 Å². The molecule has 2 aromatic carbocycles. The fourth-order valence-corrected chi connectivity index (χ4v) is 2.57. The zero-order chi connectivity index (χ0) is 15.2.